The third kappa shape index (κ3) is 10.4. The van der Waals surface area contributed by atoms with Crippen molar-refractivity contribution >= 4 is 0 Å². The van der Waals surface area contributed by atoms with Gasteiger partial charge >= 0.3 is 0 Å². The average Bonchev–Trinajstić information content (AvgIpc) is 2.22. The Hall–Kier alpha value is -0.120. The highest BCUT2D eigenvalue weighted by Gasteiger charge is 2.06. The molecule has 3 heteroatoms. The van der Waals surface area contributed by atoms with E-state index in [1.54, 1.807) is 7.11 Å². The fourth-order valence-corrected chi connectivity index (χ4v) is 1.41. The van der Waals surface area contributed by atoms with Crippen molar-refractivity contribution in [2.75, 3.05) is 26.9 Å². The lowest BCUT2D eigenvalue weighted by Gasteiger charge is -2.17. The molecule has 0 heterocycles. The van der Waals surface area contributed by atoms with Crippen LogP contribution in [0.3, 0.4) is 0 Å². The largest absolute Gasteiger partial charge is 0.382 e. The van der Waals surface area contributed by atoms with Crippen molar-refractivity contribution in [3.63, 3.8) is 0 Å². The van der Waals surface area contributed by atoms with Crippen molar-refractivity contribution in [2.24, 2.45) is 5.92 Å². The summed E-state index contributed by atoms with van der Waals surface area (Å²) in [6, 6.07) is 0. The maximum Gasteiger partial charge on any atom is 0.0781 e. The highest BCUT2D eigenvalue weighted by atomic mass is 16.6. The molecule has 0 fully saturated rings. The van der Waals surface area contributed by atoms with Crippen LogP contribution >= 0.6 is 0 Å². The maximum atomic E-state index is 5.66. The third-order valence-electron chi connectivity index (χ3n) is 2.35. The van der Waals surface area contributed by atoms with E-state index in [1.165, 1.54) is 6.42 Å². The van der Waals surface area contributed by atoms with Crippen molar-refractivity contribution < 1.29 is 14.2 Å². The van der Waals surface area contributed by atoms with Crippen LogP contribution in [0.4, 0.5) is 0 Å². The Morgan fingerprint density at radius 1 is 0.875 bits per heavy atom. The molecule has 2 unspecified atom stereocenters. The Morgan fingerprint density at radius 2 is 1.50 bits per heavy atom. The first kappa shape index (κ1) is 15.9. The zero-order valence-electron chi connectivity index (χ0n) is 11.5. The molecule has 0 radical (unpaired) electrons. The van der Waals surface area contributed by atoms with Crippen molar-refractivity contribution in [2.45, 2.75) is 52.7 Å². The van der Waals surface area contributed by atoms with Gasteiger partial charge in [0.25, 0.3) is 0 Å². The number of hydrogen-bond acceptors (Lipinski definition) is 3. The molecule has 0 aliphatic carbocycles. The van der Waals surface area contributed by atoms with Gasteiger partial charge in [0.05, 0.1) is 25.4 Å². The van der Waals surface area contributed by atoms with Gasteiger partial charge in [-0.1, -0.05) is 13.8 Å². The van der Waals surface area contributed by atoms with E-state index in [0.717, 1.165) is 18.9 Å². The summed E-state index contributed by atoms with van der Waals surface area (Å²) in [5.41, 5.74) is 0. The first-order valence-electron chi connectivity index (χ1n) is 6.28. The maximum absolute atomic E-state index is 5.66. The molecule has 0 aliphatic rings. The molecule has 0 spiro atoms. The highest BCUT2D eigenvalue weighted by Crippen LogP contribution is 2.05. The van der Waals surface area contributed by atoms with Gasteiger partial charge in [-0.2, -0.15) is 0 Å². The van der Waals surface area contributed by atoms with Gasteiger partial charge in [-0.05, 0) is 32.6 Å². The van der Waals surface area contributed by atoms with Gasteiger partial charge in [-0.25, -0.2) is 0 Å². The van der Waals surface area contributed by atoms with Gasteiger partial charge in [0.1, 0.15) is 0 Å². The lowest BCUT2D eigenvalue weighted by Crippen LogP contribution is -2.23. The molecule has 0 aromatic rings. The standard InChI is InChI=1S/C13H28O3/c1-11(2)7-6-8-15-13(4)10-16-12(3)9-14-5/h11-13H,6-10H2,1-5H3. The van der Waals surface area contributed by atoms with E-state index < -0.39 is 0 Å². The Kier molecular flexibility index (Phi) is 9.99. The number of methoxy groups -OCH3 is 1. The Morgan fingerprint density at radius 3 is 2.06 bits per heavy atom. The summed E-state index contributed by atoms with van der Waals surface area (Å²) < 4.78 is 16.2. The molecular weight excluding hydrogens is 204 g/mol. The van der Waals surface area contributed by atoms with Crippen LogP contribution in [0.5, 0.6) is 0 Å². The van der Waals surface area contributed by atoms with Gasteiger partial charge < -0.3 is 14.2 Å². The summed E-state index contributed by atoms with van der Waals surface area (Å²) in [5, 5.41) is 0. The van der Waals surface area contributed by atoms with Crippen LogP contribution < -0.4 is 0 Å². The fourth-order valence-electron chi connectivity index (χ4n) is 1.41. The van der Waals surface area contributed by atoms with Crippen molar-refractivity contribution in [1.29, 1.82) is 0 Å². The Balaban J connectivity index is 3.33. The molecule has 0 N–H and O–H groups in total. The first-order valence-corrected chi connectivity index (χ1v) is 6.28. The monoisotopic (exact) mass is 232 g/mol. The molecule has 0 amide bonds. The zero-order valence-corrected chi connectivity index (χ0v) is 11.5. The van der Waals surface area contributed by atoms with Gasteiger partial charge in [0.15, 0.2) is 0 Å². The van der Waals surface area contributed by atoms with Crippen molar-refractivity contribution in [3.05, 3.63) is 0 Å². The number of rotatable bonds is 10. The van der Waals surface area contributed by atoms with Crippen LogP contribution in [-0.4, -0.2) is 39.1 Å². The minimum Gasteiger partial charge on any atom is -0.382 e. The molecule has 0 aliphatic heterocycles. The van der Waals surface area contributed by atoms with Gasteiger partial charge in [-0.15, -0.1) is 0 Å². The van der Waals surface area contributed by atoms with E-state index in [4.69, 9.17) is 14.2 Å². The SMILES string of the molecule is COCC(C)OCC(C)OCCCC(C)C. The van der Waals surface area contributed by atoms with Crippen LogP contribution in [0, 0.1) is 5.92 Å². The van der Waals surface area contributed by atoms with Crippen LogP contribution in [-0.2, 0) is 14.2 Å². The normalized spacial score (nSPS) is 15.4. The van der Waals surface area contributed by atoms with E-state index in [0.29, 0.717) is 13.2 Å². The molecule has 0 saturated heterocycles. The molecule has 0 bridgehead atoms. The van der Waals surface area contributed by atoms with Gasteiger partial charge in [0, 0.05) is 13.7 Å². The van der Waals surface area contributed by atoms with Crippen LogP contribution in [0.1, 0.15) is 40.5 Å². The van der Waals surface area contributed by atoms with E-state index in [-0.39, 0.29) is 12.2 Å². The van der Waals surface area contributed by atoms with E-state index >= 15 is 0 Å². The van der Waals surface area contributed by atoms with Crippen LogP contribution in [0.25, 0.3) is 0 Å². The Labute approximate surface area is 100 Å². The van der Waals surface area contributed by atoms with Crippen molar-refractivity contribution in [3.8, 4) is 0 Å². The quantitative estimate of drug-likeness (QED) is 0.542. The smallest absolute Gasteiger partial charge is 0.0781 e. The molecule has 0 saturated carbocycles. The number of ether oxygens (including phenoxy) is 3. The lowest BCUT2D eigenvalue weighted by molar-refractivity contribution is -0.0517. The minimum absolute atomic E-state index is 0.145. The molecular formula is C13H28O3. The summed E-state index contributed by atoms with van der Waals surface area (Å²) in [6.07, 6.45) is 2.68. The Bertz CT molecular complexity index is 148. The number of hydrogen-bond donors (Lipinski definition) is 0. The second-order valence-corrected chi connectivity index (χ2v) is 4.82. The predicted octanol–water partition coefficient (Wildman–Crippen LogP) is 2.88. The lowest BCUT2D eigenvalue weighted by atomic mass is 10.1. The summed E-state index contributed by atoms with van der Waals surface area (Å²) >= 11 is 0. The summed E-state index contributed by atoms with van der Waals surface area (Å²) in [7, 11) is 1.69. The fraction of sp³-hybridized carbons (Fsp3) is 1.00. The minimum atomic E-state index is 0.145. The topological polar surface area (TPSA) is 27.7 Å². The van der Waals surface area contributed by atoms with Gasteiger partial charge in [-0.3, -0.25) is 0 Å². The molecule has 3 nitrogen and oxygen atoms in total. The molecule has 0 aromatic heterocycles. The first-order chi connectivity index (χ1) is 7.56. The second-order valence-electron chi connectivity index (χ2n) is 4.82. The molecule has 98 valence electrons. The third-order valence-corrected chi connectivity index (χ3v) is 2.35. The molecule has 0 aromatic carbocycles. The zero-order chi connectivity index (χ0) is 12.4. The summed E-state index contributed by atoms with van der Waals surface area (Å²) in [5.74, 6) is 0.761. The van der Waals surface area contributed by atoms with Crippen LogP contribution in [0.2, 0.25) is 0 Å². The molecule has 0 rings (SSSR count). The van der Waals surface area contributed by atoms with E-state index in [9.17, 15) is 0 Å². The second kappa shape index (κ2) is 10.1. The predicted molar refractivity (Wildman–Crippen MR) is 66.8 cm³/mol. The van der Waals surface area contributed by atoms with E-state index in [2.05, 4.69) is 20.8 Å². The van der Waals surface area contributed by atoms with Crippen LogP contribution in [0.15, 0.2) is 0 Å². The van der Waals surface area contributed by atoms with Crippen molar-refractivity contribution in [1.82, 2.24) is 0 Å². The van der Waals surface area contributed by atoms with Gasteiger partial charge in [0.2, 0.25) is 0 Å². The molecule has 16 heavy (non-hydrogen) atoms. The molecule has 2 atom stereocenters. The van der Waals surface area contributed by atoms with E-state index in [1.807, 2.05) is 6.92 Å². The summed E-state index contributed by atoms with van der Waals surface area (Å²) in [6.45, 7) is 10.6. The highest BCUT2D eigenvalue weighted by molar-refractivity contribution is 4.53. The average molecular weight is 232 g/mol. The summed E-state index contributed by atoms with van der Waals surface area (Å²) in [4.78, 5) is 0.